The van der Waals surface area contributed by atoms with Gasteiger partial charge in [-0.05, 0) is 56.7 Å². The lowest BCUT2D eigenvalue weighted by Gasteiger charge is -2.21. The molecule has 1 saturated heterocycles. The quantitative estimate of drug-likeness (QED) is 0.738. The Kier molecular flexibility index (Phi) is 3.34. The maximum absolute atomic E-state index is 2.56. The Morgan fingerprint density at radius 1 is 1.16 bits per heavy atom. The first-order valence-corrected chi connectivity index (χ1v) is 7.55. The first-order valence-electron chi connectivity index (χ1n) is 7.55. The zero-order valence-corrected chi connectivity index (χ0v) is 12.4. The van der Waals surface area contributed by atoms with Crippen molar-refractivity contribution in [3.8, 4) is 0 Å². The molecule has 102 valence electrons. The third-order valence-electron chi connectivity index (χ3n) is 4.63. The number of fused-ring (bicyclic) bond motifs is 1. The third kappa shape index (κ3) is 2.54. The van der Waals surface area contributed by atoms with Gasteiger partial charge in [0.1, 0.15) is 19.1 Å². The van der Waals surface area contributed by atoms with Crippen LogP contribution in [0.3, 0.4) is 0 Å². The maximum atomic E-state index is 2.56. The number of hydrogen-bond donors (Lipinski definition) is 0. The minimum absolute atomic E-state index is 0.778. The fourth-order valence-electron chi connectivity index (χ4n) is 3.67. The molecule has 0 amide bonds. The SMILES string of the molecule is Cc1cc(C)c(C[N+]2=CN3CCCCC3C2)c(C)c1. The average molecular weight is 257 g/mol. The lowest BCUT2D eigenvalue weighted by Crippen LogP contribution is -2.35. The van der Waals surface area contributed by atoms with Gasteiger partial charge < -0.3 is 0 Å². The van der Waals surface area contributed by atoms with Crippen molar-refractivity contribution >= 4 is 6.34 Å². The van der Waals surface area contributed by atoms with E-state index in [4.69, 9.17) is 0 Å². The zero-order chi connectivity index (χ0) is 13.4. The number of rotatable bonds is 2. The van der Waals surface area contributed by atoms with Gasteiger partial charge in [-0.2, -0.15) is 0 Å². The standard InChI is InChI=1S/C17H25N2/c1-13-8-14(2)17(15(3)9-13)11-18-10-16-6-4-5-7-19(16)12-18/h8-9,12,16H,4-7,10-11H2,1-3H3/q+1. The topological polar surface area (TPSA) is 6.25 Å². The molecule has 0 saturated carbocycles. The molecule has 2 aliphatic heterocycles. The Hall–Kier alpha value is -1.31. The van der Waals surface area contributed by atoms with Crippen LogP contribution in [0.5, 0.6) is 0 Å². The van der Waals surface area contributed by atoms with E-state index in [9.17, 15) is 0 Å². The van der Waals surface area contributed by atoms with E-state index in [0.29, 0.717) is 0 Å². The Bertz CT molecular complexity index is 493. The lowest BCUT2D eigenvalue weighted by molar-refractivity contribution is -0.533. The molecule has 2 nitrogen and oxygen atoms in total. The van der Waals surface area contributed by atoms with E-state index >= 15 is 0 Å². The number of hydrogen-bond acceptors (Lipinski definition) is 1. The summed E-state index contributed by atoms with van der Waals surface area (Å²) in [5, 5.41) is 0. The van der Waals surface area contributed by atoms with Gasteiger partial charge in [0.05, 0.1) is 6.54 Å². The predicted octanol–water partition coefficient (Wildman–Crippen LogP) is 3.02. The van der Waals surface area contributed by atoms with Gasteiger partial charge in [0, 0.05) is 0 Å². The van der Waals surface area contributed by atoms with Crippen molar-refractivity contribution < 1.29 is 4.58 Å². The van der Waals surface area contributed by atoms with E-state index in [1.54, 1.807) is 0 Å². The molecular weight excluding hydrogens is 232 g/mol. The summed E-state index contributed by atoms with van der Waals surface area (Å²) in [5.41, 5.74) is 5.77. The summed E-state index contributed by atoms with van der Waals surface area (Å²) in [5.74, 6) is 0. The lowest BCUT2D eigenvalue weighted by atomic mass is 9.99. The van der Waals surface area contributed by atoms with Crippen molar-refractivity contribution in [2.45, 2.75) is 52.6 Å². The maximum Gasteiger partial charge on any atom is 0.234 e. The van der Waals surface area contributed by atoms with Gasteiger partial charge in [0.15, 0.2) is 0 Å². The molecule has 2 heteroatoms. The second-order valence-corrected chi connectivity index (χ2v) is 6.31. The minimum Gasteiger partial charge on any atom is -0.262 e. The van der Waals surface area contributed by atoms with Gasteiger partial charge in [0.25, 0.3) is 0 Å². The van der Waals surface area contributed by atoms with Gasteiger partial charge in [0.2, 0.25) is 6.34 Å². The molecule has 3 rings (SSSR count). The van der Waals surface area contributed by atoms with E-state index in [-0.39, 0.29) is 0 Å². The fraction of sp³-hybridized carbons (Fsp3) is 0.588. The predicted molar refractivity (Wildman–Crippen MR) is 79.9 cm³/mol. The number of aryl methyl sites for hydroxylation is 3. The van der Waals surface area contributed by atoms with E-state index in [2.05, 4.69) is 48.7 Å². The summed E-state index contributed by atoms with van der Waals surface area (Å²) in [6.45, 7) is 10.2. The van der Waals surface area contributed by atoms with Gasteiger partial charge in [-0.3, -0.25) is 9.48 Å². The molecule has 0 aliphatic carbocycles. The van der Waals surface area contributed by atoms with Gasteiger partial charge in [-0.25, -0.2) is 0 Å². The van der Waals surface area contributed by atoms with Gasteiger partial charge in [-0.15, -0.1) is 0 Å². The minimum atomic E-state index is 0.778. The molecule has 1 aromatic carbocycles. The molecule has 1 aromatic rings. The monoisotopic (exact) mass is 257 g/mol. The van der Waals surface area contributed by atoms with Gasteiger partial charge in [-0.1, -0.05) is 17.7 Å². The third-order valence-corrected chi connectivity index (χ3v) is 4.63. The van der Waals surface area contributed by atoms with E-state index < -0.39 is 0 Å². The largest absolute Gasteiger partial charge is 0.262 e. The number of piperidine rings is 1. The Morgan fingerprint density at radius 2 is 1.89 bits per heavy atom. The summed E-state index contributed by atoms with van der Waals surface area (Å²) in [4.78, 5) is 2.56. The fourth-order valence-corrected chi connectivity index (χ4v) is 3.67. The van der Waals surface area contributed by atoms with Crippen molar-refractivity contribution in [2.24, 2.45) is 0 Å². The Morgan fingerprint density at radius 3 is 2.58 bits per heavy atom. The smallest absolute Gasteiger partial charge is 0.234 e. The zero-order valence-electron chi connectivity index (χ0n) is 12.4. The van der Waals surface area contributed by atoms with Crippen LogP contribution in [0.25, 0.3) is 0 Å². The molecule has 1 atom stereocenters. The van der Waals surface area contributed by atoms with Crippen LogP contribution in [0, 0.1) is 20.8 Å². The Labute approximate surface area is 116 Å². The Balaban J connectivity index is 1.79. The molecule has 0 radical (unpaired) electrons. The molecule has 1 fully saturated rings. The molecule has 2 aliphatic rings. The van der Waals surface area contributed by atoms with E-state index in [1.165, 1.54) is 54.6 Å². The van der Waals surface area contributed by atoms with Crippen molar-refractivity contribution in [1.82, 2.24) is 4.90 Å². The highest BCUT2D eigenvalue weighted by Crippen LogP contribution is 2.22. The van der Waals surface area contributed by atoms with Crippen LogP contribution in [0.2, 0.25) is 0 Å². The second kappa shape index (κ2) is 4.99. The molecular formula is C17H25N2+. The highest BCUT2D eigenvalue weighted by atomic mass is 15.3. The number of nitrogens with zero attached hydrogens (tertiary/aromatic N) is 2. The van der Waals surface area contributed by atoms with Crippen LogP contribution >= 0.6 is 0 Å². The van der Waals surface area contributed by atoms with Crippen LogP contribution < -0.4 is 0 Å². The van der Waals surface area contributed by atoms with Gasteiger partial charge >= 0.3 is 0 Å². The highest BCUT2D eigenvalue weighted by molar-refractivity contribution is 5.52. The van der Waals surface area contributed by atoms with E-state index in [1.807, 2.05) is 0 Å². The summed E-state index contributed by atoms with van der Waals surface area (Å²) in [6, 6.07) is 5.40. The molecule has 0 N–H and O–H groups in total. The van der Waals surface area contributed by atoms with E-state index in [0.717, 1.165) is 12.6 Å². The van der Waals surface area contributed by atoms with Crippen LogP contribution in [0.15, 0.2) is 12.1 Å². The molecule has 0 spiro atoms. The first-order chi connectivity index (χ1) is 9.13. The van der Waals surface area contributed by atoms with Crippen LogP contribution in [0.4, 0.5) is 0 Å². The average Bonchev–Trinajstić information content (AvgIpc) is 2.76. The molecule has 0 aromatic heterocycles. The summed E-state index contributed by atoms with van der Waals surface area (Å²) >= 11 is 0. The summed E-state index contributed by atoms with van der Waals surface area (Å²) < 4.78 is 2.51. The highest BCUT2D eigenvalue weighted by Gasteiger charge is 2.33. The van der Waals surface area contributed by atoms with Crippen molar-refractivity contribution in [3.05, 3.63) is 34.4 Å². The second-order valence-electron chi connectivity index (χ2n) is 6.31. The van der Waals surface area contributed by atoms with Crippen molar-refractivity contribution in [3.63, 3.8) is 0 Å². The van der Waals surface area contributed by atoms with Crippen LogP contribution in [-0.2, 0) is 6.54 Å². The summed E-state index contributed by atoms with van der Waals surface area (Å²) in [7, 11) is 0. The molecule has 1 unspecified atom stereocenters. The first kappa shape index (κ1) is 12.7. The van der Waals surface area contributed by atoms with Crippen LogP contribution in [0.1, 0.15) is 41.5 Å². The number of benzene rings is 1. The van der Waals surface area contributed by atoms with Crippen molar-refractivity contribution in [1.29, 1.82) is 0 Å². The summed E-state index contributed by atoms with van der Waals surface area (Å²) in [6.07, 6.45) is 6.52. The van der Waals surface area contributed by atoms with Crippen molar-refractivity contribution in [2.75, 3.05) is 13.1 Å². The van der Waals surface area contributed by atoms with Crippen LogP contribution in [-0.4, -0.2) is 34.9 Å². The molecule has 2 heterocycles. The molecule has 19 heavy (non-hydrogen) atoms. The normalized spacial score (nSPS) is 22.4. The molecule has 0 bridgehead atoms.